The Hall–Kier alpha value is -0.370. The lowest BCUT2D eigenvalue weighted by Crippen LogP contribution is -2.64. The molecule has 3 rings (SSSR count). The van der Waals surface area contributed by atoms with Crippen molar-refractivity contribution in [2.75, 3.05) is 0 Å². The molecule has 3 fully saturated rings. The van der Waals surface area contributed by atoms with Crippen LogP contribution in [0.15, 0.2) is 0 Å². The minimum atomic E-state index is -1.04. The van der Waals surface area contributed by atoms with E-state index in [1.165, 1.54) is 0 Å². The quantitative estimate of drug-likeness (QED) is 0.593. The zero-order valence-electron chi connectivity index (χ0n) is 7.92. The maximum Gasteiger partial charge on any atom is 0.164 e. The van der Waals surface area contributed by atoms with Crippen molar-refractivity contribution >= 4 is 5.78 Å². The van der Waals surface area contributed by atoms with E-state index < -0.39 is 5.60 Å². The monoisotopic (exact) mass is 168 g/mol. The van der Waals surface area contributed by atoms with Crippen LogP contribution in [0.25, 0.3) is 0 Å². The lowest BCUT2D eigenvalue weighted by Gasteiger charge is -2.61. The van der Waals surface area contributed by atoms with Crippen LogP contribution in [0.5, 0.6) is 0 Å². The van der Waals surface area contributed by atoms with Gasteiger partial charge in [0, 0.05) is 12.3 Å². The van der Waals surface area contributed by atoms with Gasteiger partial charge in [-0.15, -0.1) is 0 Å². The highest BCUT2D eigenvalue weighted by Crippen LogP contribution is 2.61. The lowest BCUT2D eigenvalue weighted by molar-refractivity contribution is -0.196. The second-order valence-corrected chi connectivity index (χ2v) is 5.08. The molecule has 0 aromatic rings. The number of fused-ring (bicyclic) bond motifs is 2. The molecule has 0 aromatic heterocycles. The van der Waals surface area contributed by atoms with Crippen molar-refractivity contribution in [2.24, 2.45) is 17.3 Å². The van der Waals surface area contributed by atoms with Gasteiger partial charge in [0.25, 0.3) is 0 Å². The Kier molecular flexibility index (Phi) is 1.32. The van der Waals surface area contributed by atoms with E-state index in [2.05, 4.69) is 13.8 Å². The molecule has 3 saturated carbocycles. The van der Waals surface area contributed by atoms with Crippen LogP contribution in [-0.2, 0) is 4.79 Å². The van der Waals surface area contributed by atoms with Crippen LogP contribution in [0.3, 0.4) is 0 Å². The molecular formula is C10H16O2. The first-order valence-corrected chi connectivity index (χ1v) is 4.62. The van der Waals surface area contributed by atoms with Crippen molar-refractivity contribution in [3.05, 3.63) is 0 Å². The molecule has 0 saturated heterocycles. The van der Waals surface area contributed by atoms with Crippen molar-refractivity contribution in [3.8, 4) is 0 Å². The Morgan fingerprint density at radius 2 is 2.00 bits per heavy atom. The Labute approximate surface area is 73.0 Å². The van der Waals surface area contributed by atoms with Gasteiger partial charge in [0.2, 0.25) is 0 Å². The summed E-state index contributed by atoms with van der Waals surface area (Å²) in [6.45, 7) is 6.00. The molecule has 0 radical (unpaired) electrons. The fourth-order valence-corrected chi connectivity index (χ4v) is 2.94. The third-order valence-electron chi connectivity index (χ3n) is 4.15. The summed E-state index contributed by atoms with van der Waals surface area (Å²) >= 11 is 0. The van der Waals surface area contributed by atoms with E-state index in [0.717, 1.165) is 6.42 Å². The highest BCUT2D eigenvalue weighted by Gasteiger charge is 2.62. The largest absolute Gasteiger partial charge is 0.382 e. The fraction of sp³-hybridized carbons (Fsp3) is 0.900. The summed E-state index contributed by atoms with van der Waals surface area (Å²) in [7, 11) is 0. The lowest BCUT2D eigenvalue weighted by atomic mass is 9.44. The van der Waals surface area contributed by atoms with E-state index in [-0.39, 0.29) is 17.1 Å². The summed E-state index contributed by atoms with van der Waals surface area (Å²) in [5, 5.41) is 9.94. The molecule has 68 valence electrons. The Morgan fingerprint density at radius 1 is 1.42 bits per heavy atom. The summed E-state index contributed by atoms with van der Waals surface area (Å²) in [5.74, 6) is 0.759. The predicted molar refractivity (Wildman–Crippen MR) is 45.6 cm³/mol. The molecule has 3 aliphatic rings. The van der Waals surface area contributed by atoms with Gasteiger partial charge in [0.05, 0.1) is 0 Å². The van der Waals surface area contributed by atoms with Crippen LogP contribution in [0.4, 0.5) is 0 Å². The molecule has 0 aromatic carbocycles. The zero-order chi connectivity index (χ0) is 9.15. The van der Waals surface area contributed by atoms with Gasteiger partial charge in [-0.2, -0.15) is 0 Å². The summed E-state index contributed by atoms with van der Waals surface area (Å²) in [6, 6.07) is 0. The first-order chi connectivity index (χ1) is 5.37. The number of carbonyl (C=O) groups excluding carboxylic acids is 1. The molecule has 0 amide bonds. The van der Waals surface area contributed by atoms with E-state index in [9.17, 15) is 9.90 Å². The Morgan fingerprint density at radius 3 is 2.33 bits per heavy atom. The summed E-state index contributed by atoms with van der Waals surface area (Å²) in [6.07, 6.45) is 1.61. The van der Waals surface area contributed by atoms with E-state index >= 15 is 0 Å². The van der Waals surface area contributed by atoms with Crippen LogP contribution >= 0.6 is 0 Å². The zero-order valence-corrected chi connectivity index (χ0v) is 7.92. The summed E-state index contributed by atoms with van der Waals surface area (Å²) in [5.41, 5.74) is -0.865. The molecule has 3 aliphatic carbocycles. The van der Waals surface area contributed by atoms with Crippen molar-refractivity contribution in [1.82, 2.24) is 0 Å². The van der Waals surface area contributed by atoms with Gasteiger partial charge in [-0.3, -0.25) is 4.79 Å². The summed E-state index contributed by atoms with van der Waals surface area (Å²) < 4.78 is 0. The average molecular weight is 168 g/mol. The van der Waals surface area contributed by atoms with Crippen molar-refractivity contribution < 1.29 is 9.90 Å². The van der Waals surface area contributed by atoms with E-state index in [4.69, 9.17) is 0 Å². The van der Waals surface area contributed by atoms with Gasteiger partial charge in [-0.25, -0.2) is 0 Å². The summed E-state index contributed by atoms with van der Waals surface area (Å²) in [4.78, 5) is 11.4. The maximum absolute atomic E-state index is 11.4. The van der Waals surface area contributed by atoms with Gasteiger partial charge in [-0.1, -0.05) is 13.8 Å². The molecule has 3 atom stereocenters. The van der Waals surface area contributed by atoms with Crippen LogP contribution in [0, 0.1) is 17.3 Å². The van der Waals surface area contributed by atoms with Crippen molar-refractivity contribution in [1.29, 1.82) is 0 Å². The SMILES string of the molecule is CC1(C)[C@H]2CC(=O)[C@@](C)(O)[C@@H]1C2. The molecular weight excluding hydrogens is 152 g/mol. The van der Waals surface area contributed by atoms with Crippen LogP contribution in [0.2, 0.25) is 0 Å². The highest BCUT2D eigenvalue weighted by molar-refractivity contribution is 5.89. The number of aliphatic hydroxyl groups is 1. The highest BCUT2D eigenvalue weighted by atomic mass is 16.3. The minimum Gasteiger partial charge on any atom is -0.382 e. The second-order valence-electron chi connectivity index (χ2n) is 5.08. The molecule has 12 heavy (non-hydrogen) atoms. The first-order valence-electron chi connectivity index (χ1n) is 4.62. The number of ketones is 1. The molecule has 0 spiro atoms. The Balaban J connectivity index is 2.33. The number of rotatable bonds is 0. The molecule has 2 heteroatoms. The van der Waals surface area contributed by atoms with Crippen molar-refractivity contribution in [3.63, 3.8) is 0 Å². The minimum absolute atomic E-state index is 0.0445. The smallest absolute Gasteiger partial charge is 0.164 e. The maximum atomic E-state index is 11.4. The number of hydrogen-bond donors (Lipinski definition) is 1. The van der Waals surface area contributed by atoms with Crippen LogP contribution in [0.1, 0.15) is 33.6 Å². The normalized spacial score (nSPS) is 50.2. The first kappa shape index (κ1) is 8.24. The topological polar surface area (TPSA) is 37.3 Å². The van der Waals surface area contributed by atoms with Gasteiger partial charge in [-0.05, 0) is 24.7 Å². The van der Waals surface area contributed by atoms with Crippen LogP contribution < -0.4 is 0 Å². The van der Waals surface area contributed by atoms with Crippen molar-refractivity contribution in [2.45, 2.75) is 39.2 Å². The van der Waals surface area contributed by atoms with Gasteiger partial charge < -0.3 is 5.11 Å². The van der Waals surface area contributed by atoms with Gasteiger partial charge in [0.1, 0.15) is 5.60 Å². The molecule has 0 unspecified atom stereocenters. The number of hydrogen-bond acceptors (Lipinski definition) is 2. The molecule has 1 N–H and O–H groups in total. The number of Topliss-reactive ketones (excluding diaryl/α,β-unsaturated/α-hetero) is 1. The van der Waals surface area contributed by atoms with Crippen LogP contribution in [-0.4, -0.2) is 16.5 Å². The molecule has 2 bridgehead atoms. The van der Waals surface area contributed by atoms with Gasteiger partial charge >= 0.3 is 0 Å². The molecule has 0 aliphatic heterocycles. The average Bonchev–Trinajstić information content (AvgIpc) is 1.93. The molecule has 0 heterocycles. The fourth-order valence-electron chi connectivity index (χ4n) is 2.94. The predicted octanol–water partition coefficient (Wildman–Crippen LogP) is 1.37. The number of carbonyl (C=O) groups is 1. The van der Waals surface area contributed by atoms with E-state index in [0.29, 0.717) is 12.3 Å². The molecule has 2 nitrogen and oxygen atoms in total. The van der Waals surface area contributed by atoms with E-state index in [1.54, 1.807) is 6.92 Å². The van der Waals surface area contributed by atoms with Gasteiger partial charge in [0.15, 0.2) is 5.78 Å². The van der Waals surface area contributed by atoms with E-state index in [1.807, 2.05) is 0 Å². The third kappa shape index (κ3) is 0.717. The second kappa shape index (κ2) is 1.92. The standard InChI is InChI=1S/C10H16O2/c1-9(2)6-4-7(9)10(3,12)8(11)5-6/h6-7,12H,4-5H2,1-3H3/t6-,7-,10+/m1/s1. The third-order valence-corrected chi connectivity index (χ3v) is 4.15. The Bertz CT molecular complexity index is 240.